The van der Waals surface area contributed by atoms with Crippen LogP contribution < -0.4 is 0 Å². The van der Waals surface area contributed by atoms with E-state index in [1.807, 2.05) is 0 Å². The van der Waals surface area contributed by atoms with Crippen LogP contribution in [0.25, 0.3) is 0 Å². The Labute approximate surface area is 92.7 Å². The lowest BCUT2D eigenvalue weighted by Crippen LogP contribution is -2.11. The maximum absolute atomic E-state index is 4.68. The molecule has 1 heterocycles. The molecule has 0 bridgehead atoms. The van der Waals surface area contributed by atoms with Gasteiger partial charge >= 0.3 is 0 Å². The van der Waals surface area contributed by atoms with Crippen LogP contribution in [-0.4, -0.2) is 9.78 Å². The van der Waals surface area contributed by atoms with Gasteiger partial charge in [0.1, 0.15) is 0 Å². The fraction of sp³-hybridized carbons (Fsp3) is 0.769. The summed E-state index contributed by atoms with van der Waals surface area (Å²) in [6.45, 7) is 5.56. The summed E-state index contributed by atoms with van der Waals surface area (Å²) in [6.07, 6.45) is 7.83. The van der Waals surface area contributed by atoms with Crippen LogP contribution >= 0.6 is 0 Å². The highest BCUT2D eigenvalue weighted by molar-refractivity contribution is 5.10. The highest BCUT2D eigenvalue weighted by Gasteiger charge is 2.17. The van der Waals surface area contributed by atoms with E-state index in [1.54, 1.807) is 0 Å². The second-order valence-electron chi connectivity index (χ2n) is 4.67. The summed E-state index contributed by atoms with van der Waals surface area (Å²) in [5, 5.41) is 4.68. The van der Waals surface area contributed by atoms with Crippen molar-refractivity contribution < 1.29 is 0 Å². The molecular weight excluding hydrogens is 184 g/mol. The van der Waals surface area contributed by atoms with E-state index >= 15 is 0 Å². The smallest absolute Gasteiger partial charge is 0.0624 e. The predicted molar refractivity (Wildman–Crippen MR) is 62.9 cm³/mol. The molecule has 0 saturated heterocycles. The minimum atomic E-state index is 0.889. The number of rotatable bonds is 4. The first-order valence-electron chi connectivity index (χ1n) is 6.39. The normalized spacial score (nSPS) is 17.5. The Kier molecular flexibility index (Phi) is 3.45. The number of aromatic nitrogens is 2. The van der Waals surface area contributed by atoms with Crippen molar-refractivity contribution in [3.05, 3.63) is 17.5 Å². The van der Waals surface area contributed by atoms with Gasteiger partial charge in [-0.25, -0.2) is 0 Å². The van der Waals surface area contributed by atoms with Crippen LogP contribution in [0.4, 0.5) is 0 Å². The molecule has 1 aliphatic carbocycles. The molecule has 2 rings (SSSR count). The van der Waals surface area contributed by atoms with E-state index in [9.17, 15) is 0 Å². The molecule has 0 amide bonds. The summed E-state index contributed by atoms with van der Waals surface area (Å²) in [6, 6.07) is 2.27. The molecule has 2 heteroatoms. The SMILES string of the molecule is CCc1cc(CC)n(CC2CCCC2)n1. The summed E-state index contributed by atoms with van der Waals surface area (Å²) >= 11 is 0. The Morgan fingerprint density at radius 2 is 2.00 bits per heavy atom. The molecule has 15 heavy (non-hydrogen) atoms. The van der Waals surface area contributed by atoms with Gasteiger partial charge in [0.2, 0.25) is 0 Å². The van der Waals surface area contributed by atoms with E-state index in [1.165, 1.54) is 37.1 Å². The molecule has 0 radical (unpaired) electrons. The largest absolute Gasteiger partial charge is 0.269 e. The van der Waals surface area contributed by atoms with Crippen LogP contribution in [0, 0.1) is 5.92 Å². The summed E-state index contributed by atoms with van der Waals surface area (Å²) in [4.78, 5) is 0. The molecule has 1 fully saturated rings. The van der Waals surface area contributed by atoms with E-state index in [0.29, 0.717) is 0 Å². The summed E-state index contributed by atoms with van der Waals surface area (Å²) in [5.74, 6) is 0.889. The van der Waals surface area contributed by atoms with Crippen molar-refractivity contribution in [2.45, 2.75) is 58.9 Å². The first-order valence-corrected chi connectivity index (χ1v) is 6.39. The predicted octanol–water partition coefficient (Wildman–Crippen LogP) is 3.20. The van der Waals surface area contributed by atoms with Crippen molar-refractivity contribution >= 4 is 0 Å². The molecule has 0 N–H and O–H groups in total. The summed E-state index contributed by atoms with van der Waals surface area (Å²) in [5.41, 5.74) is 2.67. The van der Waals surface area contributed by atoms with Gasteiger partial charge in [0.25, 0.3) is 0 Å². The van der Waals surface area contributed by atoms with Gasteiger partial charge in [-0.3, -0.25) is 4.68 Å². The van der Waals surface area contributed by atoms with Crippen molar-refractivity contribution in [3.63, 3.8) is 0 Å². The lowest BCUT2D eigenvalue weighted by atomic mass is 10.1. The van der Waals surface area contributed by atoms with Gasteiger partial charge in [0.05, 0.1) is 5.69 Å². The topological polar surface area (TPSA) is 17.8 Å². The Balaban J connectivity index is 2.07. The number of nitrogens with zero attached hydrogens (tertiary/aromatic N) is 2. The van der Waals surface area contributed by atoms with Gasteiger partial charge in [0, 0.05) is 12.2 Å². The van der Waals surface area contributed by atoms with E-state index in [2.05, 4.69) is 29.7 Å². The van der Waals surface area contributed by atoms with Crippen molar-refractivity contribution in [2.24, 2.45) is 5.92 Å². The second-order valence-corrected chi connectivity index (χ2v) is 4.67. The third-order valence-corrected chi connectivity index (χ3v) is 3.54. The average Bonchev–Trinajstić information content (AvgIpc) is 2.87. The standard InChI is InChI=1S/C13H22N2/c1-3-12-9-13(4-2)15(14-12)10-11-7-5-6-8-11/h9,11H,3-8,10H2,1-2H3. The zero-order valence-electron chi connectivity index (χ0n) is 10.00. The van der Waals surface area contributed by atoms with Crippen molar-refractivity contribution in [2.75, 3.05) is 0 Å². The molecule has 1 saturated carbocycles. The van der Waals surface area contributed by atoms with Crippen LogP contribution in [0.15, 0.2) is 6.07 Å². The maximum Gasteiger partial charge on any atom is 0.0624 e. The Bertz CT molecular complexity index is 308. The molecule has 1 aromatic rings. The molecule has 0 unspecified atom stereocenters. The Hall–Kier alpha value is -0.790. The molecule has 1 aliphatic rings. The van der Waals surface area contributed by atoms with Gasteiger partial charge < -0.3 is 0 Å². The number of aryl methyl sites for hydroxylation is 2. The molecule has 84 valence electrons. The molecule has 2 nitrogen and oxygen atoms in total. The number of hydrogen-bond donors (Lipinski definition) is 0. The van der Waals surface area contributed by atoms with Crippen molar-refractivity contribution in [1.82, 2.24) is 9.78 Å². The highest BCUT2D eigenvalue weighted by atomic mass is 15.3. The molecule has 0 aliphatic heterocycles. The van der Waals surface area contributed by atoms with E-state index in [4.69, 9.17) is 0 Å². The van der Waals surface area contributed by atoms with E-state index in [-0.39, 0.29) is 0 Å². The van der Waals surface area contributed by atoms with Gasteiger partial charge in [-0.05, 0) is 37.7 Å². The van der Waals surface area contributed by atoms with Crippen LogP contribution in [0.2, 0.25) is 0 Å². The quantitative estimate of drug-likeness (QED) is 0.739. The zero-order chi connectivity index (χ0) is 10.7. The Morgan fingerprint density at radius 3 is 2.60 bits per heavy atom. The van der Waals surface area contributed by atoms with Gasteiger partial charge in [-0.15, -0.1) is 0 Å². The molecule has 1 aromatic heterocycles. The first kappa shape index (κ1) is 10.7. The molecular formula is C13H22N2. The van der Waals surface area contributed by atoms with E-state index in [0.717, 1.165) is 25.3 Å². The van der Waals surface area contributed by atoms with Crippen molar-refractivity contribution in [3.8, 4) is 0 Å². The third kappa shape index (κ3) is 2.42. The van der Waals surface area contributed by atoms with Gasteiger partial charge in [0.15, 0.2) is 0 Å². The summed E-state index contributed by atoms with van der Waals surface area (Å²) < 4.78 is 2.26. The van der Waals surface area contributed by atoms with Gasteiger partial charge in [-0.2, -0.15) is 5.10 Å². The van der Waals surface area contributed by atoms with Crippen LogP contribution in [0.5, 0.6) is 0 Å². The fourth-order valence-electron chi connectivity index (χ4n) is 2.57. The zero-order valence-corrected chi connectivity index (χ0v) is 10.00. The monoisotopic (exact) mass is 206 g/mol. The maximum atomic E-state index is 4.68. The van der Waals surface area contributed by atoms with Crippen molar-refractivity contribution in [1.29, 1.82) is 0 Å². The molecule has 0 atom stereocenters. The van der Waals surface area contributed by atoms with Gasteiger partial charge in [-0.1, -0.05) is 26.7 Å². The minimum absolute atomic E-state index is 0.889. The minimum Gasteiger partial charge on any atom is -0.269 e. The number of hydrogen-bond acceptors (Lipinski definition) is 1. The second kappa shape index (κ2) is 4.82. The highest BCUT2D eigenvalue weighted by Crippen LogP contribution is 2.26. The fourth-order valence-corrected chi connectivity index (χ4v) is 2.57. The lowest BCUT2D eigenvalue weighted by Gasteiger charge is -2.11. The van der Waals surface area contributed by atoms with E-state index < -0.39 is 0 Å². The van der Waals surface area contributed by atoms with Crippen LogP contribution in [0.1, 0.15) is 50.9 Å². The van der Waals surface area contributed by atoms with Crippen LogP contribution in [0.3, 0.4) is 0 Å². The summed E-state index contributed by atoms with van der Waals surface area (Å²) in [7, 11) is 0. The molecule has 0 aromatic carbocycles. The Morgan fingerprint density at radius 1 is 1.27 bits per heavy atom. The lowest BCUT2D eigenvalue weighted by molar-refractivity contribution is 0.418. The van der Waals surface area contributed by atoms with Crippen LogP contribution in [-0.2, 0) is 19.4 Å². The average molecular weight is 206 g/mol. The molecule has 0 spiro atoms. The first-order chi connectivity index (χ1) is 7.33. The third-order valence-electron chi connectivity index (χ3n) is 3.54.